The fourth-order valence-corrected chi connectivity index (χ4v) is 3.80. The SMILES string of the molecule is CN(C)S(=O)(=O)c1cccc(C(=O)N2CCc3ccc([N+](=O)[O-])cc32)c1. The molecule has 136 valence electrons. The standard InChI is InChI=1S/C17H17N3O5S/c1-18(2)26(24,25)15-5-3-4-13(10-15)17(21)19-9-8-12-6-7-14(20(22)23)11-16(12)19/h3-7,10-11H,8-9H2,1-2H3. The average Bonchev–Trinajstić information content (AvgIpc) is 3.04. The summed E-state index contributed by atoms with van der Waals surface area (Å²) in [6.07, 6.45) is 0.592. The summed E-state index contributed by atoms with van der Waals surface area (Å²) in [7, 11) is -0.829. The molecule has 0 spiro atoms. The van der Waals surface area contributed by atoms with Crippen LogP contribution in [-0.4, -0.2) is 44.2 Å². The van der Waals surface area contributed by atoms with E-state index in [1.165, 1.54) is 55.4 Å². The van der Waals surface area contributed by atoms with Crippen molar-refractivity contribution in [2.24, 2.45) is 0 Å². The third kappa shape index (κ3) is 3.06. The lowest BCUT2D eigenvalue weighted by Crippen LogP contribution is -2.29. The van der Waals surface area contributed by atoms with Gasteiger partial charge < -0.3 is 4.90 Å². The summed E-state index contributed by atoms with van der Waals surface area (Å²) >= 11 is 0. The molecule has 0 atom stereocenters. The minimum Gasteiger partial charge on any atom is -0.307 e. The average molecular weight is 375 g/mol. The number of hydrogen-bond donors (Lipinski definition) is 0. The van der Waals surface area contributed by atoms with Crippen molar-refractivity contribution < 1.29 is 18.1 Å². The van der Waals surface area contributed by atoms with Crippen LogP contribution in [0.5, 0.6) is 0 Å². The van der Waals surface area contributed by atoms with Gasteiger partial charge in [0.2, 0.25) is 10.0 Å². The maximum absolute atomic E-state index is 12.9. The number of hydrogen-bond acceptors (Lipinski definition) is 5. The van der Waals surface area contributed by atoms with E-state index in [0.717, 1.165) is 9.87 Å². The van der Waals surface area contributed by atoms with Gasteiger partial charge in [0.1, 0.15) is 0 Å². The fraction of sp³-hybridized carbons (Fsp3) is 0.235. The van der Waals surface area contributed by atoms with Crippen LogP contribution >= 0.6 is 0 Å². The van der Waals surface area contributed by atoms with Crippen molar-refractivity contribution in [3.05, 3.63) is 63.7 Å². The number of carbonyl (C=O) groups excluding carboxylic acids is 1. The lowest BCUT2D eigenvalue weighted by Gasteiger charge is -2.18. The molecule has 0 N–H and O–H groups in total. The molecule has 3 rings (SSSR count). The van der Waals surface area contributed by atoms with Crippen LogP contribution in [0.3, 0.4) is 0 Å². The Morgan fingerprint density at radius 2 is 1.92 bits per heavy atom. The normalized spacial score (nSPS) is 13.7. The van der Waals surface area contributed by atoms with Crippen LogP contribution in [0, 0.1) is 10.1 Å². The quantitative estimate of drug-likeness (QED) is 0.601. The van der Waals surface area contributed by atoms with Crippen molar-refractivity contribution in [3.8, 4) is 0 Å². The zero-order valence-corrected chi connectivity index (χ0v) is 15.1. The highest BCUT2D eigenvalue weighted by Crippen LogP contribution is 2.33. The third-order valence-corrected chi connectivity index (χ3v) is 6.09. The number of fused-ring (bicyclic) bond motifs is 1. The zero-order valence-electron chi connectivity index (χ0n) is 14.2. The van der Waals surface area contributed by atoms with Crippen molar-refractivity contribution in [1.82, 2.24) is 4.31 Å². The van der Waals surface area contributed by atoms with E-state index in [9.17, 15) is 23.3 Å². The van der Waals surface area contributed by atoms with E-state index in [4.69, 9.17) is 0 Å². The number of sulfonamides is 1. The number of benzene rings is 2. The Morgan fingerprint density at radius 1 is 1.19 bits per heavy atom. The molecule has 8 nitrogen and oxygen atoms in total. The minimum absolute atomic E-state index is 0.0202. The Balaban J connectivity index is 1.98. The Hall–Kier alpha value is -2.78. The van der Waals surface area contributed by atoms with E-state index in [0.29, 0.717) is 18.7 Å². The van der Waals surface area contributed by atoms with E-state index in [-0.39, 0.29) is 22.1 Å². The maximum Gasteiger partial charge on any atom is 0.271 e. The fourth-order valence-electron chi connectivity index (χ4n) is 2.85. The second-order valence-electron chi connectivity index (χ2n) is 6.09. The lowest BCUT2D eigenvalue weighted by molar-refractivity contribution is -0.384. The first-order valence-corrected chi connectivity index (χ1v) is 9.27. The van der Waals surface area contributed by atoms with Crippen molar-refractivity contribution in [3.63, 3.8) is 0 Å². The van der Waals surface area contributed by atoms with Gasteiger partial charge in [-0.1, -0.05) is 12.1 Å². The van der Waals surface area contributed by atoms with Gasteiger partial charge >= 0.3 is 0 Å². The topological polar surface area (TPSA) is 101 Å². The molecular formula is C17H17N3O5S. The monoisotopic (exact) mass is 375 g/mol. The van der Waals surface area contributed by atoms with E-state index < -0.39 is 14.9 Å². The van der Waals surface area contributed by atoms with E-state index in [1.54, 1.807) is 6.07 Å². The van der Waals surface area contributed by atoms with Crippen LogP contribution in [0.25, 0.3) is 0 Å². The van der Waals surface area contributed by atoms with Crippen LogP contribution in [0.2, 0.25) is 0 Å². The lowest BCUT2D eigenvalue weighted by atomic mass is 10.1. The van der Waals surface area contributed by atoms with Crippen molar-refractivity contribution in [1.29, 1.82) is 0 Å². The summed E-state index contributed by atoms with van der Waals surface area (Å²) in [5, 5.41) is 11.0. The summed E-state index contributed by atoms with van der Waals surface area (Å²) in [6, 6.07) is 10.2. The van der Waals surface area contributed by atoms with E-state index >= 15 is 0 Å². The Kier molecular flexibility index (Phi) is 4.51. The molecule has 2 aromatic rings. The maximum atomic E-state index is 12.9. The van der Waals surface area contributed by atoms with Crippen LogP contribution in [0.1, 0.15) is 15.9 Å². The molecule has 1 heterocycles. The number of nitro groups is 1. The van der Waals surface area contributed by atoms with Gasteiger partial charge in [0.25, 0.3) is 11.6 Å². The number of anilines is 1. The Labute approximate surface area is 150 Å². The molecule has 26 heavy (non-hydrogen) atoms. The highest BCUT2D eigenvalue weighted by atomic mass is 32.2. The van der Waals surface area contributed by atoms with Gasteiger partial charge in [-0.25, -0.2) is 12.7 Å². The van der Waals surface area contributed by atoms with Crippen molar-refractivity contribution in [2.45, 2.75) is 11.3 Å². The molecule has 0 aromatic heterocycles. The highest BCUT2D eigenvalue weighted by molar-refractivity contribution is 7.89. The molecule has 9 heteroatoms. The molecule has 0 unspecified atom stereocenters. The van der Waals surface area contributed by atoms with E-state index in [1.807, 2.05) is 0 Å². The molecule has 0 aliphatic carbocycles. The Morgan fingerprint density at radius 3 is 2.58 bits per heavy atom. The number of nitrogens with zero attached hydrogens (tertiary/aromatic N) is 3. The molecule has 2 aromatic carbocycles. The first-order valence-electron chi connectivity index (χ1n) is 7.83. The zero-order chi connectivity index (χ0) is 19.1. The number of amides is 1. The molecule has 0 saturated heterocycles. The molecule has 1 aliphatic rings. The van der Waals surface area contributed by atoms with Crippen LogP contribution in [-0.2, 0) is 16.4 Å². The molecule has 0 fully saturated rings. The molecule has 0 saturated carbocycles. The largest absolute Gasteiger partial charge is 0.307 e. The number of rotatable bonds is 4. The van der Waals surface area contributed by atoms with Gasteiger partial charge in [-0.3, -0.25) is 14.9 Å². The summed E-state index contributed by atoms with van der Waals surface area (Å²) in [5.41, 5.74) is 1.46. The summed E-state index contributed by atoms with van der Waals surface area (Å²) in [6.45, 7) is 0.389. The van der Waals surface area contributed by atoms with Crippen molar-refractivity contribution in [2.75, 3.05) is 25.5 Å². The predicted octanol–water partition coefficient (Wildman–Crippen LogP) is 2.05. The summed E-state index contributed by atoms with van der Waals surface area (Å²) < 4.78 is 25.6. The molecule has 0 bridgehead atoms. The number of non-ortho nitro benzene ring substituents is 1. The number of nitro benzene ring substituents is 1. The van der Waals surface area contributed by atoms with Crippen LogP contribution in [0.15, 0.2) is 47.4 Å². The Bertz CT molecular complexity index is 1000. The van der Waals surface area contributed by atoms with Crippen LogP contribution < -0.4 is 4.90 Å². The first-order chi connectivity index (χ1) is 12.2. The third-order valence-electron chi connectivity index (χ3n) is 4.28. The molecular weight excluding hydrogens is 358 g/mol. The van der Waals surface area contributed by atoms with Gasteiger partial charge in [0.15, 0.2) is 0 Å². The highest BCUT2D eigenvalue weighted by Gasteiger charge is 2.28. The summed E-state index contributed by atoms with van der Waals surface area (Å²) in [5.74, 6) is -0.389. The minimum atomic E-state index is -3.66. The van der Waals surface area contributed by atoms with Gasteiger partial charge in [-0.15, -0.1) is 0 Å². The molecule has 1 aliphatic heterocycles. The summed E-state index contributed by atoms with van der Waals surface area (Å²) in [4.78, 5) is 24.8. The van der Waals surface area contributed by atoms with Crippen LogP contribution in [0.4, 0.5) is 11.4 Å². The van der Waals surface area contributed by atoms with Crippen molar-refractivity contribution >= 4 is 27.3 Å². The second kappa shape index (κ2) is 6.50. The first kappa shape index (κ1) is 18.0. The van der Waals surface area contributed by atoms with Gasteiger partial charge in [-0.2, -0.15) is 0 Å². The van der Waals surface area contributed by atoms with Gasteiger partial charge in [0, 0.05) is 38.3 Å². The second-order valence-corrected chi connectivity index (χ2v) is 8.24. The molecule has 0 radical (unpaired) electrons. The van der Waals surface area contributed by atoms with Gasteiger partial charge in [-0.05, 0) is 30.2 Å². The smallest absolute Gasteiger partial charge is 0.271 e. The molecule has 1 amide bonds. The van der Waals surface area contributed by atoms with E-state index in [2.05, 4.69) is 0 Å². The van der Waals surface area contributed by atoms with Gasteiger partial charge in [0.05, 0.1) is 15.5 Å². The number of carbonyl (C=O) groups is 1. The predicted molar refractivity (Wildman–Crippen MR) is 95.8 cm³/mol.